The van der Waals surface area contributed by atoms with Crippen molar-refractivity contribution in [3.05, 3.63) is 29.3 Å². The van der Waals surface area contributed by atoms with E-state index in [0.717, 1.165) is 0 Å². The lowest BCUT2D eigenvalue weighted by Gasteiger charge is -2.12. The molecule has 1 rings (SSSR count). The first-order valence-electron chi connectivity index (χ1n) is 5.58. The Morgan fingerprint density at radius 2 is 2.21 bits per heavy atom. The van der Waals surface area contributed by atoms with Gasteiger partial charge < -0.3 is 9.84 Å². The van der Waals surface area contributed by atoms with Gasteiger partial charge in [0, 0.05) is 13.7 Å². The number of nitriles is 1. The number of nitrogens with one attached hydrogen (secondary N) is 1. The van der Waals surface area contributed by atoms with Gasteiger partial charge >= 0.3 is 0 Å². The molecular weight excluding hydrogens is 268 g/mol. The number of nitrogens with zero attached hydrogens (tertiary/aromatic N) is 1. The predicted molar refractivity (Wildman–Crippen MR) is 69.0 cm³/mol. The number of hydrogen-bond acceptors (Lipinski definition) is 5. The molecule has 0 aliphatic heterocycles. The van der Waals surface area contributed by atoms with E-state index in [0.29, 0.717) is 5.56 Å². The smallest absolute Gasteiger partial charge is 0.240 e. The molecule has 0 aliphatic rings. The van der Waals surface area contributed by atoms with Crippen LogP contribution < -0.4 is 4.72 Å². The van der Waals surface area contributed by atoms with Crippen LogP contribution in [0.2, 0.25) is 0 Å². The standard InChI is InChI=1S/C12H16N2O4S/c1-9-3-4-10(6-13)5-12(9)19(16,17)14-7-11(15)8-18-2/h3-5,11,14-15H,7-8H2,1-2H3. The highest BCUT2D eigenvalue weighted by Gasteiger charge is 2.18. The molecular formula is C12H16N2O4S. The van der Waals surface area contributed by atoms with Crippen LogP contribution in [0.4, 0.5) is 0 Å². The molecule has 104 valence electrons. The summed E-state index contributed by atoms with van der Waals surface area (Å²) in [5, 5.41) is 18.2. The number of benzene rings is 1. The zero-order valence-corrected chi connectivity index (χ0v) is 11.6. The first-order valence-corrected chi connectivity index (χ1v) is 7.06. The fourth-order valence-electron chi connectivity index (χ4n) is 1.49. The summed E-state index contributed by atoms with van der Waals surface area (Å²) in [4.78, 5) is 0.0381. The summed E-state index contributed by atoms with van der Waals surface area (Å²) in [5.74, 6) is 0. The third-order valence-corrected chi connectivity index (χ3v) is 4.04. The molecule has 1 aromatic carbocycles. The van der Waals surface area contributed by atoms with Crippen molar-refractivity contribution in [1.29, 1.82) is 5.26 Å². The maximum absolute atomic E-state index is 12.1. The van der Waals surface area contributed by atoms with Crippen LogP contribution >= 0.6 is 0 Å². The topological polar surface area (TPSA) is 99.4 Å². The van der Waals surface area contributed by atoms with E-state index in [1.165, 1.54) is 13.2 Å². The van der Waals surface area contributed by atoms with Gasteiger partial charge in [0.05, 0.1) is 29.2 Å². The third kappa shape index (κ3) is 4.29. The monoisotopic (exact) mass is 284 g/mol. The third-order valence-electron chi connectivity index (χ3n) is 2.47. The summed E-state index contributed by atoms with van der Waals surface area (Å²) in [7, 11) is -2.34. The van der Waals surface area contributed by atoms with Crippen molar-refractivity contribution >= 4 is 10.0 Å². The van der Waals surface area contributed by atoms with E-state index in [2.05, 4.69) is 4.72 Å². The minimum atomic E-state index is -3.75. The lowest BCUT2D eigenvalue weighted by Crippen LogP contribution is -2.34. The van der Waals surface area contributed by atoms with Gasteiger partial charge in [0.1, 0.15) is 0 Å². The molecule has 0 aliphatic carbocycles. The van der Waals surface area contributed by atoms with Crippen LogP contribution in [-0.2, 0) is 14.8 Å². The molecule has 0 saturated heterocycles. The summed E-state index contributed by atoms with van der Waals surface area (Å²) in [5.41, 5.74) is 0.802. The molecule has 7 heteroatoms. The highest BCUT2D eigenvalue weighted by Crippen LogP contribution is 2.16. The number of aliphatic hydroxyl groups excluding tert-OH is 1. The summed E-state index contributed by atoms with van der Waals surface area (Å²) >= 11 is 0. The maximum atomic E-state index is 12.1. The van der Waals surface area contributed by atoms with Crippen molar-refractivity contribution < 1.29 is 18.3 Å². The number of rotatable bonds is 6. The second kappa shape index (κ2) is 6.63. The van der Waals surface area contributed by atoms with Crippen LogP contribution in [0, 0.1) is 18.3 Å². The minimum Gasteiger partial charge on any atom is -0.389 e. The molecule has 2 N–H and O–H groups in total. The summed E-state index contributed by atoms with van der Waals surface area (Å²) in [6.07, 6.45) is -0.917. The number of sulfonamides is 1. The van der Waals surface area contributed by atoms with E-state index in [1.54, 1.807) is 19.1 Å². The second-order valence-electron chi connectivity index (χ2n) is 4.05. The molecule has 1 aromatic rings. The van der Waals surface area contributed by atoms with Crippen molar-refractivity contribution in [3.8, 4) is 6.07 Å². The molecule has 19 heavy (non-hydrogen) atoms. The number of methoxy groups -OCH3 is 1. The number of ether oxygens (including phenoxy) is 1. The summed E-state index contributed by atoms with van der Waals surface area (Å²) < 4.78 is 31.1. The fraction of sp³-hybridized carbons (Fsp3) is 0.417. The van der Waals surface area contributed by atoms with Crippen LogP contribution in [0.25, 0.3) is 0 Å². The first kappa shape index (κ1) is 15.6. The van der Waals surface area contributed by atoms with Crippen LogP contribution in [0.5, 0.6) is 0 Å². The molecule has 0 spiro atoms. The second-order valence-corrected chi connectivity index (χ2v) is 5.79. The van der Waals surface area contributed by atoms with Crippen molar-refractivity contribution in [1.82, 2.24) is 4.72 Å². The van der Waals surface area contributed by atoms with Crippen molar-refractivity contribution in [2.24, 2.45) is 0 Å². The van der Waals surface area contributed by atoms with E-state index in [4.69, 9.17) is 10.00 Å². The maximum Gasteiger partial charge on any atom is 0.240 e. The number of hydrogen-bond donors (Lipinski definition) is 2. The zero-order valence-electron chi connectivity index (χ0n) is 10.8. The van der Waals surface area contributed by atoms with Gasteiger partial charge in [-0.05, 0) is 24.6 Å². The zero-order chi connectivity index (χ0) is 14.5. The first-order chi connectivity index (χ1) is 8.90. The van der Waals surface area contributed by atoms with Crippen LogP contribution in [0.15, 0.2) is 23.1 Å². The molecule has 0 radical (unpaired) electrons. The normalized spacial score (nSPS) is 12.9. The molecule has 1 unspecified atom stereocenters. The largest absolute Gasteiger partial charge is 0.389 e. The number of aliphatic hydroxyl groups is 1. The molecule has 0 amide bonds. The highest BCUT2D eigenvalue weighted by molar-refractivity contribution is 7.89. The van der Waals surface area contributed by atoms with Gasteiger partial charge in [-0.25, -0.2) is 13.1 Å². The number of aryl methyl sites for hydroxylation is 1. The highest BCUT2D eigenvalue weighted by atomic mass is 32.2. The lowest BCUT2D eigenvalue weighted by molar-refractivity contribution is 0.0679. The summed E-state index contributed by atoms with van der Waals surface area (Å²) in [6, 6.07) is 6.31. The van der Waals surface area contributed by atoms with Gasteiger partial charge in [-0.3, -0.25) is 0 Å². The molecule has 0 bridgehead atoms. The van der Waals surface area contributed by atoms with Gasteiger partial charge in [0.25, 0.3) is 0 Å². The Morgan fingerprint density at radius 1 is 1.53 bits per heavy atom. The lowest BCUT2D eigenvalue weighted by atomic mass is 10.2. The SMILES string of the molecule is COCC(O)CNS(=O)(=O)c1cc(C#N)ccc1C. The van der Waals surface area contributed by atoms with Crippen molar-refractivity contribution in [2.45, 2.75) is 17.9 Å². The van der Waals surface area contributed by atoms with Gasteiger partial charge in [-0.15, -0.1) is 0 Å². The minimum absolute atomic E-state index is 0.0381. The Balaban J connectivity index is 2.92. The molecule has 0 aromatic heterocycles. The Labute approximate surface area is 112 Å². The van der Waals surface area contributed by atoms with E-state index in [-0.39, 0.29) is 23.6 Å². The molecule has 0 saturated carbocycles. The molecule has 0 fully saturated rings. The van der Waals surface area contributed by atoms with Crippen LogP contribution in [-0.4, -0.2) is 39.9 Å². The Bertz CT molecular complexity index is 578. The Kier molecular flexibility index (Phi) is 5.44. The van der Waals surface area contributed by atoms with Gasteiger partial charge in [0.2, 0.25) is 10.0 Å². The molecule has 1 atom stereocenters. The van der Waals surface area contributed by atoms with Gasteiger partial charge in [-0.2, -0.15) is 5.26 Å². The Morgan fingerprint density at radius 3 is 2.79 bits per heavy atom. The van der Waals surface area contributed by atoms with Gasteiger partial charge in [0.15, 0.2) is 0 Å². The predicted octanol–water partition coefficient (Wildman–Crippen LogP) is 0.152. The van der Waals surface area contributed by atoms with Crippen molar-refractivity contribution in [3.63, 3.8) is 0 Å². The van der Waals surface area contributed by atoms with Crippen molar-refractivity contribution in [2.75, 3.05) is 20.3 Å². The van der Waals surface area contributed by atoms with Crippen LogP contribution in [0.1, 0.15) is 11.1 Å². The summed E-state index contributed by atoms with van der Waals surface area (Å²) in [6.45, 7) is 1.54. The fourth-order valence-corrected chi connectivity index (χ4v) is 2.84. The van der Waals surface area contributed by atoms with E-state index < -0.39 is 16.1 Å². The van der Waals surface area contributed by atoms with E-state index in [9.17, 15) is 13.5 Å². The quantitative estimate of drug-likeness (QED) is 0.774. The average molecular weight is 284 g/mol. The van der Waals surface area contributed by atoms with Crippen LogP contribution in [0.3, 0.4) is 0 Å². The van der Waals surface area contributed by atoms with E-state index >= 15 is 0 Å². The van der Waals surface area contributed by atoms with Gasteiger partial charge in [-0.1, -0.05) is 6.07 Å². The van der Waals surface area contributed by atoms with E-state index in [1.807, 2.05) is 6.07 Å². The molecule has 6 nitrogen and oxygen atoms in total. The Hall–Kier alpha value is -1.46. The molecule has 0 heterocycles. The average Bonchev–Trinajstić information content (AvgIpc) is 2.37.